The van der Waals surface area contributed by atoms with E-state index in [0.717, 1.165) is 0 Å². The molecule has 0 bridgehead atoms. The maximum absolute atomic E-state index is 12.2. The molecule has 0 aliphatic carbocycles. The number of rotatable bonds is 5. The van der Waals surface area contributed by atoms with Crippen LogP contribution in [0.15, 0.2) is 47.1 Å². The van der Waals surface area contributed by atoms with E-state index in [4.69, 9.17) is 9.15 Å². The van der Waals surface area contributed by atoms with Crippen molar-refractivity contribution >= 4 is 17.6 Å². The first kappa shape index (κ1) is 17.7. The molecule has 3 rings (SSSR count). The number of piperidine rings is 1. The molecule has 26 heavy (non-hydrogen) atoms. The molecular weight excluding hydrogens is 340 g/mol. The predicted molar refractivity (Wildman–Crippen MR) is 90.2 cm³/mol. The molecule has 0 radical (unpaired) electrons. The summed E-state index contributed by atoms with van der Waals surface area (Å²) in [5.41, 5.74) is 0.287. The number of hydrogen-bond acceptors (Lipinski definition) is 6. The van der Waals surface area contributed by atoms with Gasteiger partial charge in [-0.2, -0.15) is 0 Å². The first-order chi connectivity index (χ1) is 12.6. The van der Waals surface area contributed by atoms with Crippen molar-refractivity contribution in [2.45, 2.75) is 19.4 Å². The summed E-state index contributed by atoms with van der Waals surface area (Å²) in [6.07, 6.45) is 2.42. The lowest BCUT2D eigenvalue weighted by atomic mass is 9.97. The Kier molecular flexibility index (Phi) is 5.31. The minimum absolute atomic E-state index is 0.0702. The molecule has 2 aromatic rings. The topological polar surface area (TPSA) is 103 Å². The van der Waals surface area contributed by atoms with E-state index in [9.17, 15) is 19.7 Å². The second kappa shape index (κ2) is 7.81. The highest BCUT2D eigenvalue weighted by molar-refractivity contribution is 5.91. The Morgan fingerprint density at radius 2 is 1.92 bits per heavy atom. The van der Waals surface area contributed by atoms with Gasteiger partial charge in [0.15, 0.2) is 5.76 Å². The fourth-order valence-corrected chi connectivity index (χ4v) is 2.95. The Labute approximate surface area is 149 Å². The number of nitrogens with zero attached hydrogens (tertiary/aromatic N) is 2. The summed E-state index contributed by atoms with van der Waals surface area (Å²) in [6, 6.07) is 9.43. The molecule has 0 N–H and O–H groups in total. The van der Waals surface area contributed by atoms with Gasteiger partial charge in [0, 0.05) is 19.2 Å². The number of carbonyl (C=O) groups excluding carboxylic acids is 2. The third kappa shape index (κ3) is 3.90. The molecule has 1 aliphatic heterocycles. The van der Waals surface area contributed by atoms with E-state index in [-0.39, 0.29) is 29.9 Å². The molecule has 1 aliphatic rings. The number of carbonyl (C=O) groups is 2. The lowest BCUT2D eigenvalue weighted by Crippen LogP contribution is -2.40. The molecule has 0 spiro atoms. The van der Waals surface area contributed by atoms with Crippen LogP contribution in [0.4, 0.5) is 5.69 Å². The highest BCUT2D eigenvalue weighted by Crippen LogP contribution is 2.23. The second-order valence-electron chi connectivity index (χ2n) is 6.04. The summed E-state index contributed by atoms with van der Waals surface area (Å²) in [4.78, 5) is 36.6. The van der Waals surface area contributed by atoms with Crippen molar-refractivity contribution in [2.24, 2.45) is 5.92 Å². The zero-order valence-corrected chi connectivity index (χ0v) is 14.0. The average molecular weight is 358 g/mol. The van der Waals surface area contributed by atoms with Gasteiger partial charge in [0.2, 0.25) is 0 Å². The van der Waals surface area contributed by atoms with Gasteiger partial charge in [0.05, 0.1) is 22.7 Å². The number of esters is 1. The van der Waals surface area contributed by atoms with Crippen LogP contribution in [0.5, 0.6) is 0 Å². The molecule has 136 valence electrons. The Morgan fingerprint density at radius 1 is 1.19 bits per heavy atom. The molecule has 8 heteroatoms. The first-order valence-corrected chi connectivity index (χ1v) is 8.28. The van der Waals surface area contributed by atoms with Gasteiger partial charge in [-0.1, -0.05) is 12.1 Å². The van der Waals surface area contributed by atoms with Gasteiger partial charge in [0.1, 0.15) is 6.61 Å². The Balaban J connectivity index is 1.51. The number of nitro benzene ring substituents is 1. The normalized spacial score (nSPS) is 14.8. The van der Waals surface area contributed by atoms with Crippen molar-refractivity contribution in [2.75, 3.05) is 13.1 Å². The van der Waals surface area contributed by atoms with E-state index in [1.54, 1.807) is 35.2 Å². The molecular formula is C18H18N2O6. The molecule has 8 nitrogen and oxygen atoms in total. The summed E-state index contributed by atoms with van der Waals surface area (Å²) >= 11 is 0. The maximum Gasteiger partial charge on any atom is 0.309 e. The maximum atomic E-state index is 12.2. The van der Waals surface area contributed by atoms with E-state index < -0.39 is 10.9 Å². The fraction of sp³-hybridized carbons (Fsp3) is 0.333. The molecule has 0 unspecified atom stereocenters. The van der Waals surface area contributed by atoms with E-state index >= 15 is 0 Å². The molecule has 2 heterocycles. The smallest absolute Gasteiger partial charge is 0.309 e. The molecule has 1 amide bonds. The molecule has 1 fully saturated rings. The second-order valence-corrected chi connectivity index (χ2v) is 6.04. The van der Waals surface area contributed by atoms with Crippen molar-refractivity contribution in [1.29, 1.82) is 0 Å². The zero-order valence-electron chi connectivity index (χ0n) is 14.0. The molecule has 1 aromatic carbocycles. The van der Waals surface area contributed by atoms with Crippen LogP contribution in [0, 0.1) is 16.0 Å². The molecule has 1 saturated heterocycles. The third-order valence-electron chi connectivity index (χ3n) is 4.41. The third-order valence-corrected chi connectivity index (χ3v) is 4.41. The summed E-state index contributed by atoms with van der Waals surface area (Å²) in [5, 5.41) is 11.0. The number of benzene rings is 1. The minimum Gasteiger partial charge on any atom is -0.460 e. The minimum atomic E-state index is -0.498. The van der Waals surface area contributed by atoms with Gasteiger partial charge in [-0.05, 0) is 31.0 Å². The van der Waals surface area contributed by atoms with Gasteiger partial charge in [-0.3, -0.25) is 19.7 Å². The van der Waals surface area contributed by atoms with Gasteiger partial charge in [-0.25, -0.2) is 0 Å². The van der Waals surface area contributed by atoms with E-state index in [0.29, 0.717) is 31.5 Å². The van der Waals surface area contributed by atoms with E-state index in [1.807, 2.05) is 0 Å². The highest BCUT2D eigenvalue weighted by Gasteiger charge is 2.30. The van der Waals surface area contributed by atoms with Crippen LogP contribution < -0.4 is 0 Å². The first-order valence-electron chi connectivity index (χ1n) is 8.28. The summed E-state index contributed by atoms with van der Waals surface area (Å²) in [7, 11) is 0. The number of likely N-dealkylation sites (tertiary alicyclic amines) is 1. The average Bonchev–Trinajstić information content (AvgIpc) is 3.20. The number of hydrogen-bond donors (Lipinski definition) is 0. The Bertz CT molecular complexity index is 794. The SMILES string of the molecule is O=C(OCc1ccccc1[N+](=O)[O-])C1CCN(C(=O)c2ccco2)CC1. The lowest BCUT2D eigenvalue weighted by Gasteiger charge is -2.30. The van der Waals surface area contributed by atoms with Crippen LogP contribution in [0.2, 0.25) is 0 Å². The van der Waals surface area contributed by atoms with Crippen LogP contribution in [0.3, 0.4) is 0 Å². The van der Waals surface area contributed by atoms with Gasteiger partial charge < -0.3 is 14.1 Å². The lowest BCUT2D eigenvalue weighted by molar-refractivity contribution is -0.385. The number of para-hydroxylation sites is 1. The van der Waals surface area contributed by atoms with Gasteiger partial charge >= 0.3 is 5.97 Å². The quantitative estimate of drug-likeness (QED) is 0.462. The number of amides is 1. The van der Waals surface area contributed by atoms with Crippen LogP contribution in [0.1, 0.15) is 29.0 Å². The predicted octanol–water partition coefficient (Wildman–Crippen LogP) is 2.78. The van der Waals surface area contributed by atoms with Crippen molar-refractivity contribution in [3.63, 3.8) is 0 Å². The standard InChI is InChI=1S/C18H18N2O6/c21-17(16-6-3-11-25-16)19-9-7-13(8-10-19)18(22)26-12-14-4-1-2-5-15(14)20(23)24/h1-6,11,13H,7-10,12H2. The van der Waals surface area contributed by atoms with Crippen molar-refractivity contribution in [3.8, 4) is 0 Å². The van der Waals surface area contributed by atoms with E-state index in [1.165, 1.54) is 12.3 Å². The molecule has 1 aromatic heterocycles. The monoisotopic (exact) mass is 358 g/mol. The largest absolute Gasteiger partial charge is 0.460 e. The van der Waals surface area contributed by atoms with E-state index in [2.05, 4.69) is 0 Å². The van der Waals surface area contributed by atoms with Crippen molar-refractivity contribution < 1.29 is 23.7 Å². The highest BCUT2D eigenvalue weighted by atomic mass is 16.6. The fourth-order valence-electron chi connectivity index (χ4n) is 2.95. The van der Waals surface area contributed by atoms with Crippen LogP contribution in [-0.2, 0) is 16.1 Å². The van der Waals surface area contributed by atoms with Crippen LogP contribution in [0.25, 0.3) is 0 Å². The van der Waals surface area contributed by atoms with Crippen LogP contribution in [-0.4, -0.2) is 34.8 Å². The summed E-state index contributed by atoms with van der Waals surface area (Å²) in [5.74, 6) is -0.629. The Morgan fingerprint density at radius 3 is 2.58 bits per heavy atom. The molecule has 0 saturated carbocycles. The summed E-state index contributed by atoms with van der Waals surface area (Å²) < 4.78 is 10.4. The van der Waals surface area contributed by atoms with Crippen molar-refractivity contribution in [3.05, 3.63) is 64.1 Å². The Hall–Kier alpha value is -3.16. The van der Waals surface area contributed by atoms with Gasteiger partial charge in [-0.15, -0.1) is 0 Å². The molecule has 0 atom stereocenters. The zero-order chi connectivity index (χ0) is 18.5. The van der Waals surface area contributed by atoms with Gasteiger partial charge in [0.25, 0.3) is 11.6 Å². The van der Waals surface area contributed by atoms with Crippen molar-refractivity contribution in [1.82, 2.24) is 4.90 Å². The van der Waals surface area contributed by atoms with Crippen LogP contribution >= 0.6 is 0 Å². The summed E-state index contributed by atoms with van der Waals surface area (Å²) in [6.45, 7) is 0.733. The number of nitro groups is 1. The number of ether oxygens (including phenoxy) is 1. The number of furan rings is 1.